The average Bonchev–Trinajstić information content (AvgIpc) is 2.26. The molecule has 0 atom stereocenters. The summed E-state index contributed by atoms with van der Waals surface area (Å²) >= 11 is 0. The van der Waals surface area contributed by atoms with Crippen molar-refractivity contribution in [1.82, 2.24) is 9.78 Å². The maximum absolute atomic E-state index is 12.0. The molecule has 0 aliphatic rings. The number of hydrogen-bond donors (Lipinski definition) is 0. The van der Waals surface area contributed by atoms with Crippen molar-refractivity contribution in [2.24, 2.45) is 0 Å². The molecule has 0 aliphatic carbocycles. The quantitative estimate of drug-likeness (QED) is 0.729. The predicted octanol–water partition coefficient (Wildman–Crippen LogP) is 2.16. The fraction of sp³-hybridized carbons (Fsp3) is 0.231. The SMILES string of the molecule is Cc1cccc(-n2ncc(C)c(C)c2=O)c1. The summed E-state index contributed by atoms with van der Waals surface area (Å²) in [6.07, 6.45) is 1.72. The Balaban J connectivity index is 2.66. The Morgan fingerprint density at radius 1 is 1.19 bits per heavy atom. The maximum Gasteiger partial charge on any atom is 0.274 e. The second-order valence-corrected chi connectivity index (χ2v) is 4.01. The van der Waals surface area contributed by atoms with Crippen LogP contribution in [0, 0.1) is 20.8 Å². The van der Waals surface area contributed by atoms with E-state index in [1.807, 2.05) is 45.0 Å². The van der Waals surface area contributed by atoms with Crippen molar-refractivity contribution in [2.75, 3.05) is 0 Å². The Kier molecular flexibility index (Phi) is 2.60. The molecule has 3 nitrogen and oxygen atoms in total. The van der Waals surface area contributed by atoms with E-state index in [-0.39, 0.29) is 5.56 Å². The van der Waals surface area contributed by atoms with Gasteiger partial charge < -0.3 is 0 Å². The van der Waals surface area contributed by atoms with E-state index >= 15 is 0 Å². The van der Waals surface area contributed by atoms with E-state index < -0.39 is 0 Å². The van der Waals surface area contributed by atoms with Gasteiger partial charge in [-0.05, 0) is 44.0 Å². The van der Waals surface area contributed by atoms with Crippen LogP contribution in [0.3, 0.4) is 0 Å². The molecule has 0 saturated heterocycles. The number of benzene rings is 1. The highest BCUT2D eigenvalue weighted by atomic mass is 16.1. The third-order valence-electron chi connectivity index (χ3n) is 2.72. The summed E-state index contributed by atoms with van der Waals surface area (Å²) in [6, 6.07) is 7.75. The molecule has 0 bridgehead atoms. The van der Waals surface area contributed by atoms with Crippen molar-refractivity contribution in [3.63, 3.8) is 0 Å². The van der Waals surface area contributed by atoms with Crippen LogP contribution in [0.15, 0.2) is 35.3 Å². The lowest BCUT2D eigenvalue weighted by Gasteiger charge is -2.07. The topological polar surface area (TPSA) is 34.9 Å². The average molecular weight is 214 g/mol. The van der Waals surface area contributed by atoms with Crippen LogP contribution >= 0.6 is 0 Å². The predicted molar refractivity (Wildman–Crippen MR) is 64.0 cm³/mol. The Hall–Kier alpha value is -1.90. The zero-order valence-corrected chi connectivity index (χ0v) is 9.69. The van der Waals surface area contributed by atoms with Crippen molar-refractivity contribution in [3.8, 4) is 5.69 Å². The Labute approximate surface area is 94.4 Å². The van der Waals surface area contributed by atoms with Gasteiger partial charge in [-0.2, -0.15) is 9.78 Å². The second kappa shape index (κ2) is 3.93. The maximum atomic E-state index is 12.0. The first-order valence-electron chi connectivity index (χ1n) is 5.22. The summed E-state index contributed by atoms with van der Waals surface area (Å²) in [6.45, 7) is 5.71. The van der Waals surface area contributed by atoms with Crippen molar-refractivity contribution in [1.29, 1.82) is 0 Å². The molecule has 1 aromatic carbocycles. The van der Waals surface area contributed by atoms with Gasteiger partial charge >= 0.3 is 0 Å². The molecular weight excluding hydrogens is 200 g/mol. The smallest absolute Gasteiger partial charge is 0.267 e. The van der Waals surface area contributed by atoms with E-state index in [2.05, 4.69) is 5.10 Å². The van der Waals surface area contributed by atoms with Gasteiger partial charge in [0.15, 0.2) is 0 Å². The third-order valence-corrected chi connectivity index (χ3v) is 2.72. The van der Waals surface area contributed by atoms with Crippen LogP contribution in [-0.2, 0) is 0 Å². The first-order chi connectivity index (χ1) is 7.59. The van der Waals surface area contributed by atoms with Crippen LogP contribution in [-0.4, -0.2) is 9.78 Å². The van der Waals surface area contributed by atoms with Gasteiger partial charge in [-0.15, -0.1) is 0 Å². The van der Waals surface area contributed by atoms with Crippen LogP contribution in [0.4, 0.5) is 0 Å². The standard InChI is InChI=1S/C13H14N2O/c1-9-5-4-6-12(7-9)15-13(16)11(3)10(2)8-14-15/h4-8H,1-3H3. The van der Waals surface area contributed by atoms with Gasteiger partial charge in [0.05, 0.1) is 11.9 Å². The molecule has 82 valence electrons. The number of hydrogen-bond acceptors (Lipinski definition) is 2. The van der Waals surface area contributed by atoms with Gasteiger partial charge in [0.2, 0.25) is 0 Å². The van der Waals surface area contributed by atoms with E-state index in [1.54, 1.807) is 6.20 Å². The molecule has 0 fully saturated rings. The molecule has 0 spiro atoms. The van der Waals surface area contributed by atoms with Gasteiger partial charge in [-0.3, -0.25) is 4.79 Å². The lowest BCUT2D eigenvalue weighted by Crippen LogP contribution is -2.23. The van der Waals surface area contributed by atoms with E-state index in [4.69, 9.17) is 0 Å². The molecule has 3 heteroatoms. The van der Waals surface area contributed by atoms with Crippen molar-refractivity contribution < 1.29 is 0 Å². The molecule has 1 aromatic heterocycles. The monoisotopic (exact) mass is 214 g/mol. The normalized spacial score (nSPS) is 10.4. The number of aromatic nitrogens is 2. The van der Waals surface area contributed by atoms with Gasteiger partial charge in [0.1, 0.15) is 0 Å². The Bertz CT molecular complexity index is 585. The van der Waals surface area contributed by atoms with Crippen LogP contribution in [0.1, 0.15) is 16.7 Å². The molecule has 16 heavy (non-hydrogen) atoms. The molecule has 1 heterocycles. The molecule has 0 unspecified atom stereocenters. The summed E-state index contributed by atoms with van der Waals surface area (Å²) in [5, 5.41) is 4.15. The van der Waals surface area contributed by atoms with Gasteiger partial charge in [0, 0.05) is 5.56 Å². The van der Waals surface area contributed by atoms with Crippen LogP contribution in [0.5, 0.6) is 0 Å². The summed E-state index contributed by atoms with van der Waals surface area (Å²) < 4.78 is 1.44. The zero-order valence-electron chi connectivity index (χ0n) is 9.69. The summed E-state index contributed by atoms with van der Waals surface area (Å²) in [7, 11) is 0. The largest absolute Gasteiger partial charge is 0.274 e. The molecular formula is C13H14N2O. The highest BCUT2D eigenvalue weighted by molar-refractivity contribution is 5.35. The lowest BCUT2D eigenvalue weighted by molar-refractivity contribution is 0.788. The molecule has 0 N–H and O–H groups in total. The van der Waals surface area contributed by atoms with E-state index in [1.165, 1.54) is 4.68 Å². The van der Waals surface area contributed by atoms with Crippen LogP contribution in [0.2, 0.25) is 0 Å². The van der Waals surface area contributed by atoms with E-state index in [9.17, 15) is 4.79 Å². The number of rotatable bonds is 1. The molecule has 0 saturated carbocycles. The summed E-state index contributed by atoms with van der Waals surface area (Å²) in [5.74, 6) is 0. The highest BCUT2D eigenvalue weighted by Gasteiger charge is 2.05. The Morgan fingerprint density at radius 3 is 2.62 bits per heavy atom. The van der Waals surface area contributed by atoms with Crippen molar-refractivity contribution >= 4 is 0 Å². The number of aryl methyl sites for hydroxylation is 2. The third kappa shape index (κ3) is 1.76. The van der Waals surface area contributed by atoms with E-state index in [0.717, 1.165) is 22.4 Å². The molecule has 0 radical (unpaired) electrons. The minimum Gasteiger partial charge on any atom is -0.267 e. The van der Waals surface area contributed by atoms with Gasteiger partial charge in [0.25, 0.3) is 5.56 Å². The first-order valence-corrected chi connectivity index (χ1v) is 5.22. The summed E-state index contributed by atoms with van der Waals surface area (Å²) in [5.41, 5.74) is 3.55. The molecule has 0 amide bonds. The van der Waals surface area contributed by atoms with Crippen molar-refractivity contribution in [2.45, 2.75) is 20.8 Å². The molecule has 0 aliphatic heterocycles. The first kappa shape index (κ1) is 10.6. The number of nitrogens with zero attached hydrogens (tertiary/aromatic N) is 2. The zero-order chi connectivity index (χ0) is 11.7. The van der Waals surface area contributed by atoms with Gasteiger partial charge in [-0.25, -0.2) is 0 Å². The molecule has 2 aromatic rings. The van der Waals surface area contributed by atoms with Crippen LogP contribution in [0.25, 0.3) is 5.69 Å². The van der Waals surface area contributed by atoms with Crippen LogP contribution < -0.4 is 5.56 Å². The van der Waals surface area contributed by atoms with Gasteiger partial charge in [-0.1, -0.05) is 12.1 Å². The second-order valence-electron chi connectivity index (χ2n) is 4.01. The fourth-order valence-corrected chi connectivity index (χ4v) is 1.56. The minimum absolute atomic E-state index is 0.0504. The van der Waals surface area contributed by atoms with Crippen molar-refractivity contribution in [3.05, 3.63) is 57.5 Å². The van der Waals surface area contributed by atoms with E-state index in [0.29, 0.717) is 0 Å². The Morgan fingerprint density at radius 2 is 1.94 bits per heavy atom. The minimum atomic E-state index is -0.0504. The molecule has 2 rings (SSSR count). The highest BCUT2D eigenvalue weighted by Crippen LogP contribution is 2.07. The fourth-order valence-electron chi connectivity index (χ4n) is 1.56. The lowest BCUT2D eigenvalue weighted by atomic mass is 10.2. The summed E-state index contributed by atoms with van der Waals surface area (Å²) in [4.78, 5) is 12.0.